The molecule has 0 aromatic carbocycles. The smallest absolute Gasteiger partial charge is 0.000424 e. The second kappa shape index (κ2) is 2.61. The van der Waals surface area contributed by atoms with Crippen LogP contribution in [0.5, 0.6) is 0 Å². The van der Waals surface area contributed by atoms with Gasteiger partial charge in [-0.1, -0.05) is 19.1 Å². The lowest BCUT2D eigenvalue weighted by atomic mass is 9.81. The summed E-state index contributed by atoms with van der Waals surface area (Å²) in [4.78, 5) is 0. The minimum Gasteiger partial charge on any atom is -0.161 e. The Balaban J connectivity index is 2.13. The summed E-state index contributed by atoms with van der Waals surface area (Å²) in [5, 5.41) is 0. The molecule has 1 saturated heterocycles. The molecule has 56 valence electrons. The summed E-state index contributed by atoms with van der Waals surface area (Å²) in [7, 11) is 0. The fourth-order valence-corrected chi connectivity index (χ4v) is 3.31. The molecule has 2 rings (SSSR count). The van der Waals surface area contributed by atoms with Gasteiger partial charge in [-0.2, -0.15) is 11.8 Å². The van der Waals surface area contributed by atoms with E-state index in [4.69, 9.17) is 0 Å². The predicted molar refractivity (Wildman–Crippen MR) is 47.2 cm³/mol. The minimum absolute atomic E-state index is 0.851. The lowest BCUT2D eigenvalue weighted by Gasteiger charge is -2.33. The molecule has 2 aliphatic rings. The van der Waals surface area contributed by atoms with E-state index >= 15 is 0 Å². The van der Waals surface area contributed by atoms with E-state index in [2.05, 4.69) is 30.8 Å². The molecule has 1 aliphatic carbocycles. The number of hydrogen-bond acceptors (Lipinski definition) is 1. The molecule has 3 atom stereocenters. The third kappa shape index (κ3) is 1.12. The molecular weight excluding hydrogens is 140 g/mol. The summed E-state index contributed by atoms with van der Waals surface area (Å²) in [6.07, 6.45) is 6.30. The Morgan fingerprint density at radius 2 is 2.20 bits per heavy atom. The van der Waals surface area contributed by atoms with Crippen molar-refractivity contribution in [1.82, 2.24) is 0 Å². The van der Waals surface area contributed by atoms with Gasteiger partial charge in [0.25, 0.3) is 0 Å². The monoisotopic (exact) mass is 154 g/mol. The molecule has 1 aliphatic heterocycles. The molecule has 0 nitrogen and oxygen atoms in total. The molecule has 1 heterocycles. The molecule has 10 heavy (non-hydrogen) atoms. The second-order valence-corrected chi connectivity index (χ2v) is 4.61. The maximum atomic E-state index is 2.42. The largest absolute Gasteiger partial charge is 0.161 e. The van der Waals surface area contributed by atoms with Crippen LogP contribution in [0.3, 0.4) is 0 Å². The second-order valence-electron chi connectivity index (χ2n) is 3.54. The molecule has 0 saturated carbocycles. The van der Waals surface area contributed by atoms with Gasteiger partial charge in [0, 0.05) is 0 Å². The zero-order valence-corrected chi connectivity index (χ0v) is 7.23. The van der Waals surface area contributed by atoms with Gasteiger partial charge in [0.05, 0.1) is 0 Å². The number of fused-ring (bicyclic) bond motifs is 2. The fourth-order valence-electron chi connectivity index (χ4n) is 1.89. The van der Waals surface area contributed by atoms with Crippen molar-refractivity contribution in [2.75, 3.05) is 11.5 Å². The van der Waals surface area contributed by atoms with E-state index < -0.39 is 0 Å². The first kappa shape index (κ1) is 6.78. The van der Waals surface area contributed by atoms with Crippen molar-refractivity contribution in [3.8, 4) is 0 Å². The Labute approximate surface area is 67.1 Å². The van der Waals surface area contributed by atoms with Crippen LogP contribution in [-0.4, -0.2) is 11.5 Å². The molecule has 1 unspecified atom stereocenters. The Morgan fingerprint density at radius 3 is 3.00 bits per heavy atom. The zero-order chi connectivity index (χ0) is 6.97. The topological polar surface area (TPSA) is 0 Å². The molecule has 1 heteroatoms. The first-order chi connectivity index (χ1) is 4.86. The van der Waals surface area contributed by atoms with Gasteiger partial charge in [0.15, 0.2) is 0 Å². The van der Waals surface area contributed by atoms with Gasteiger partial charge in [-0.3, -0.25) is 0 Å². The van der Waals surface area contributed by atoms with Crippen LogP contribution in [0.25, 0.3) is 0 Å². The van der Waals surface area contributed by atoms with Crippen molar-refractivity contribution in [2.24, 2.45) is 17.8 Å². The molecular formula is C9H14S. The molecule has 0 aromatic rings. The van der Waals surface area contributed by atoms with Gasteiger partial charge < -0.3 is 0 Å². The molecule has 0 N–H and O–H groups in total. The third-order valence-corrected chi connectivity index (χ3v) is 4.03. The average Bonchev–Trinajstić information content (AvgIpc) is 1.99. The van der Waals surface area contributed by atoms with Gasteiger partial charge in [-0.25, -0.2) is 0 Å². The Morgan fingerprint density at radius 1 is 1.30 bits per heavy atom. The third-order valence-electron chi connectivity index (χ3n) is 2.70. The highest BCUT2D eigenvalue weighted by atomic mass is 32.2. The van der Waals surface area contributed by atoms with Crippen molar-refractivity contribution in [2.45, 2.75) is 13.3 Å². The first-order valence-electron chi connectivity index (χ1n) is 4.12. The van der Waals surface area contributed by atoms with Crippen molar-refractivity contribution >= 4 is 11.8 Å². The Hall–Kier alpha value is 0.0900. The van der Waals surface area contributed by atoms with Crippen molar-refractivity contribution in [3.63, 3.8) is 0 Å². The Kier molecular flexibility index (Phi) is 1.77. The van der Waals surface area contributed by atoms with Crippen LogP contribution in [-0.2, 0) is 0 Å². The lowest BCUT2D eigenvalue weighted by Crippen LogP contribution is -2.26. The predicted octanol–water partition coefficient (Wildman–Crippen LogP) is 2.56. The highest BCUT2D eigenvalue weighted by Crippen LogP contribution is 2.37. The van der Waals surface area contributed by atoms with Crippen molar-refractivity contribution < 1.29 is 0 Å². The maximum Gasteiger partial charge on any atom is -0.000424 e. The minimum atomic E-state index is 0.851. The van der Waals surface area contributed by atoms with E-state index in [1.54, 1.807) is 0 Å². The van der Waals surface area contributed by atoms with Crippen LogP contribution >= 0.6 is 11.8 Å². The number of allylic oxidation sites excluding steroid dienone is 2. The molecule has 2 bridgehead atoms. The van der Waals surface area contributed by atoms with Crippen LogP contribution < -0.4 is 0 Å². The lowest BCUT2D eigenvalue weighted by molar-refractivity contribution is 0.362. The van der Waals surface area contributed by atoms with Crippen LogP contribution in [0.1, 0.15) is 13.3 Å². The van der Waals surface area contributed by atoms with Gasteiger partial charge in [-0.15, -0.1) is 0 Å². The van der Waals surface area contributed by atoms with Crippen LogP contribution in [0.4, 0.5) is 0 Å². The van der Waals surface area contributed by atoms with Gasteiger partial charge in [0.1, 0.15) is 0 Å². The number of hydrogen-bond donors (Lipinski definition) is 0. The Bertz CT molecular complexity index is 147. The summed E-state index contributed by atoms with van der Waals surface area (Å²) in [6, 6.07) is 0. The zero-order valence-electron chi connectivity index (χ0n) is 6.42. The van der Waals surface area contributed by atoms with Crippen molar-refractivity contribution in [3.05, 3.63) is 12.2 Å². The SMILES string of the molecule is C[C@H]1C=C[C@@H]2CSCC1C2. The summed E-state index contributed by atoms with van der Waals surface area (Å²) < 4.78 is 0. The quantitative estimate of drug-likeness (QED) is 0.483. The number of thioether (sulfide) groups is 1. The number of rotatable bonds is 0. The molecule has 0 amide bonds. The van der Waals surface area contributed by atoms with E-state index in [-0.39, 0.29) is 0 Å². The van der Waals surface area contributed by atoms with E-state index in [9.17, 15) is 0 Å². The summed E-state index contributed by atoms with van der Waals surface area (Å²) >= 11 is 2.14. The van der Waals surface area contributed by atoms with Gasteiger partial charge in [-0.05, 0) is 35.7 Å². The van der Waals surface area contributed by atoms with E-state index in [0.717, 1.165) is 17.8 Å². The maximum absolute atomic E-state index is 2.42. The highest BCUT2D eigenvalue weighted by molar-refractivity contribution is 7.99. The highest BCUT2D eigenvalue weighted by Gasteiger charge is 2.27. The van der Waals surface area contributed by atoms with E-state index in [1.165, 1.54) is 17.9 Å². The van der Waals surface area contributed by atoms with Gasteiger partial charge in [0.2, 0.25) is 0 Å². The van der Waals surface area contributed by atoms with Crippen LogP contribution in [0.2, 0.25) is 0 Å². The average molecular weight is 154 g/mol. The fraction of sp³-hybridized carbons (Fsp3) is 0.778. The van der Waals surface area contributed by atoms with E-state index in [1.807, 2.05) is 0 Å². The normalized spacial score (nSPS) is 45.5. The molecule has 1 fully saturated rings. The summed E-state index contributed by atoms with van der Waals surface area (Å²) in [5.74, 6) is 5.54. The van der Waals surface area contributed by atoms with Crippen LogP contribution in [0, 0.1) is 17.8 Å². The summed E-state index contributed by atoms with van der Waals surface area (Å²) in [6.45, 7) is 2.35. The summed E-state index contributed by atoms with van der Waals surface area (Å²) in [5.41, 5.74) is 0. The van der Waals surface area contributed by atoms with Crippen LogP contribution in [0.15, 0.2) is 12.2 Å². The van der Waals surface area contributed by atoms with Crippen molar-refractivity contribution in [1.29, 1.82) is 0 Å². The van der Waals surface area contributed by atoms with E-state index in [0.29, 0.717) is 0 Å². The standard InChI is InChI=1S/C9H14S/c1-7-2-3-8-4-9(7)6-10-5-8/h2-3,7-9H,4-6H2,1H3/t7-,8-,9?/m0/s1. The molecule has 0 radical (unpaired) electrons. The molecule has 0 spiro atoms. The first-order valence-corrected chi connectivity index (χ1v) is 5.28. The van der Waals surface area contributed by atoms with Gasteiger partial charge >= 0.3 is 0 Å². The molecule has 0 aromatic heterocycles.